The summed E-state index contributed by atoms with van der Waals surface area (Å²) in [7, 11) is 3.20. The molecule has 0 bridgehead atoms. The van der Waals surface area contributed by atoms with Crippen LogP contribution in [0.1, 0.15) is 46.9 Å². The first kappa shape index (κ1) is 26.9. The summed E-state index contributed by atoms with van der Waals surface area (Å²) in [5.74, 6) is 2.50. The van der Waals surface area contributed by atoms with Crippen molar-refractivity contribution in [3.05, 3.63) is 82.8 Å². The molecule has 3 rings (SSSR count). The normalized spacial score (nSPS) is 10.9. The molecule has 0 spiro atoms. The van der Waals surface area contributed by atoms with E-state index in [1.165, 1.54) is 0 Å². The third kappa shape index (κ3) is 6.68. The van der Waals surface area contributed by atoms with E-state index in [4.69, 9.17) is 13.9 Å². The Labute approximate surface area is 213 Å². The van der Waals surface area contributed by atoms with Crippen LogP contribution in [0, 0.1) is 13.8 Å². The molecule has 0 atom stereocenters. The number of ether oxygens (including phenoxy) is 2. The number of nitrogens with zero attached hydrogens (tertiary/aromatic N) is 2. The fraction of sp³-hybridized carbons (Fsp3) is 0.379. The summed E-state index contributed by atoms with van der Waals surface area (Å²) in [6, 6.07) is 16.8. The Bertz CT molecular complexity index is 1180. The van der Waals surface area contributed by atoms with Gasteiger partial charge in [-0.1, -0.05) is 24.3 Å². The first-order valence-electron chi connectivity index (χ1n) is 12.1. The van der Waals surface area contributed by atoms with Crippen molar-refractivity contribution in [2.75, 3.05) is 27.3 Å². The average Bonchev–Trinajstić information content (AvgIpc) is 3.28. The van der Waals surface area contributed by atoms with Crippen molar-refractivity contribution in [2.24, 2.45) is 0 Å². The highest BCUT2D eigenvalue weighted by molar-refractivity contribution is 5.97. The lowest BCUT2D eigenvalue weighted by molar-refractivity contribution is -0.133. The van der Waals surface area contributed by atoms with E-state index in [-0.39, 0.29) is 24.4 Å². The summed E-state index contributed by atoms with van der Waals surface area (Å²) in [4.78, 5) is 30.3. The molecule has 36 heavy (non-hydrogen) atoms. The Morgan fingerprint density at radius 2 is 1.67 bits per heavy atom. The van der Waals surface area contributed by atoms with Gasteiger partial charge in [-0.05, 0) is 75.6 Å². The molecular formula is C29H36N2O5. The maximum absolute atomic E-state index is 13.6. The van der Waals surface area contributed by atoms with Gasteiger partial charge in [0, 0.05) is 18.2 Å². The molecule has 0 aliphatic carbocycles. The van der Waals surface area contributed by atoms with Crippen molar-refractivity contribution >= 4 is 11.8 Å². The number of benzene rings is 2. The smallest absolute Gasteiger partial charge is 0.254 e. The van der Waals surface area contributed by atoms with Crippen molar-refractivity contribution in [1.82, 2.24) is 9.80 Å². The molecule has 0 radical (unpaired) electrons. The number of hydrogen-bond acceptors (Lipinski definition) is 5. The SMILES string of the molecule is COc1ccc(CCN(Cc2ccc(C)o2)C(=O)CN(C(=O)c2ccccc2C)C(C)C)cc1OC. The van der Waals surface area contributed by atoms with Crippen LogP contribution in [0.15, 0.2) is 59.0 Å². The highest BCUT2D eigenvalue weighted by atomic mass is 16.5. The number of amides is 2. The molecule has 3 aromatic rings. The summed E-state index contributed by atoms with van der Waals surface area (Å²) in [6.07, 6.45) is 0.610. The zero-order valence-corrected chi connectivity index (χ0v) is 22.0. The van der Waals surface area contributed by atoms with Crippen molar-refractivity contribution in [3.63, 3.8) is 0 Å². The maximum atomic E-state index is 13.6. The minimum atomic E-state index is -0.148. The molecule has 2 aromatic carbocycles. The average molecular weight is 493 g/mol. The van der Waals surface area contributed by atoms with E-state index in [2.05, 4.69) is 0 Å². The molecule has 0 fully saturated rings. The van der Waals surface area contributed by atoms with E-state index >= 15 is 0 Å². The third-order valence-corrected chi connectivity index (χ3v) is 6.18. The van der Waals surface area contributed by atoms with Gasteiger partial charge in [-0.3, -0.25) is 9.59 Å². The van der Waals surface area contributed by atoms with Crippen LogP contribution < -0.4 is 9.47 Å². The number of methoxy groups -OCH3 is 2. The van der Waals surface area contributed by atoms with Gasteiger partial charge in [0.15, 0.2) is 11.5 Å². The summed E-state index contributed by atoms with van der Waals surface area (Å²) < 4.78 is 16.5. The van der Waals surface area contributed by atoms with Gasteiger partial charge in [0.25, 0.3) is 5.91 Å². The Kier molecular flexibility index (Phi) is 9.17. The second-order valence-corrected chi connectivity index (χ2v) is 9.11. The van der Waals surface area contributed by atoms with Gasteiger partial charge in [-0.2, -0.15) is 0 Å². The van der Waals surface area contributed by atoms with Gasteiger partial charge in [0.1, 0.15) is 18.1 Å². The van der Waals surface area contributed by atoms with Crippen molar-refractivity contribution < 1.29 is 23.5 Å². The monoisotopic (exact) mass is 492 g/mol. The molecule has 0 saturated heterocycles. The largest absolute Gasteiger partial charge is 0.493 e. The van der Waals surface area contributed by atoms with Crippen LogP contribution in [0.25, 0.3) is 0 Å². The molecule has 0 N–H and O–H groups in total. The molecule has 0 aliphatic heterocycles. The van der Waals surface area contributed by atoms with Gasteiger partial charge < -0.3 is 23.7 Å². The summed E-state index contributed by atoms with van der Waals surface area (Å²) in [5, 5.41) is 0. The van der Waals surface area contributed by atoms with E-state index in [1.807, 2.05) is 76.2 Å². The van der Waals surface area contributed by atoms with E-state index < -0.39 is 0 Å². The molecule has 7 heteroatoms. The zero-order valence-electron chi connectivity index (χ0n) is 22.0. The van der Waals surface area contributed by atoms with Crippen LogP contribution in [0.5, 0.6) is 11.5 Å². The fourth-order valence-corrected chi connectivity index (χ4v) is 4.05. The van der Waals surface area contributed by atoms with Crippen LogP contribution in [0.3, 0.4) is 0 Å². The van der Waals surface area contributed by atoms with Gasteiger partial charge in [0.2, 0.25) is 5.91 Å². The topological polar surface area (TPSA) is 72.2 Å². The lowest BCUT2D eigenvalue weighted by atomic mass is 10.1. The second-order valence-electron chi connectivity index (χ2n) is 9.11. The number of hydrogen-bond donors (Lipinski definition) is 0. The lowest BCUT2D eigenvalue weighted by Gasteiger charge is -2.30. The van der Waals surface area contributed by atoms with Crippen LogP contribution in [-0.4, -0.2) is 55.0 Å². The van der Waals surface area contributed by atoms with E-state index in [0.717, 1.165) is 16.9 Å². The van der Waals surface area contributed by atoms with Crippen LogP contribution in [-0.2, 0) is 17.8 Å². The van der Waals surface area contributed by atoms with Crippen molar-refractivity contribution in [1.29, 1.82) is 0 Å². The Balaban J connectivity index is 1.80. The number of carbonyl (C=O) groups excluding carboxylic acids is 2. The molecule has 0 saturated carbocycles. The van der Waals surface area contributed by atoms with Crippen LogP contribution >= 0.6 is 0 Å². The first-order valence-corrected chi connectivity index (χ1v) is 12.1. The van der Waals surface area contributed by atoms with Crippen molar-refractivity contribution in [3.8, 4) is 11.5 Å². The highest BCUT2D eigenvalue weighted by Gasteiger charge is 2.26. The number of aryl methyl sites for hydroxylation is 2. The van der Waals surface area contributed by atoms with Gasteiger partial charge >= 0.3 is 0 Å². The van der Waals surface area contributed by atoms with E-state index in [0.29, 0.717) is 42.3 Å². The van der Waals surface area contributed by atoms with Crippen LogP contribution in [0.2, 0.25) is 0 Å². The molecule has 7 nitrogen and oxygen atoms in total. The molecule has 1 heterocycles. The maximum Gasteiger partial charge on any atom is 0.254 e. The highest BCUT2D eigenvalue weighted by Crippen LogP contribution is 2.28. The quantitative estimate of drug-likeness (QED) is 0.375. The predicted octanol–water partition coefficient (Wildman–Crippen LogP) is 5.04. The zero-order chi connectivity index (χ0) is 26.2. The third-order valence-electron chi connectivity index (χ3n) is 6.18. The van der Waals surface area contributed by atoms with Gasteiger partial charge in [0.05, 0.1) is 20.8 Å². The minimum absolute atomic E-state index is 0.0174. The fourth-order valence-electron chi connectivity index (χ4n) is 4.05. The van der Waals surface area contributed by atoms with Crippen molar-refractivity contribution in [2.45, 2.75) is 46.7 Å². The molecule has 0 unspecified atom stereocenters. The summed E-state index contributed by atoms with van der Waals surface area (Å²) in [5.41, 5.74) is 2.51. The van der Waals surface area contributed by atoms with Crippen LogP contribution in [0.4, 0.5) is 0 Å². The molecule has 192 valence electrons. The minimum Gasteiger partial charge on any atom is -0.493 e. The molecular weight excluding hydrogens is 456 g/mol. The predicted molar refractivity (Wildman–Crippen MR) is 139 cm³/mol. The Hall–Kier alpha value is -3.74. The second kappa shape index (κ2) is 12.3. The molecule has 1 aromatic heterocycles. The summed E-state index contributed by atoms with van der Waals surface area (Å²) in [6.45, 7) is 8.39. The van der Waals surface area contributed by atoms with Gasteiger partial charge in [-0.15, -0.1) is 0 Å². The number of rotatable bonds is 11. The Morgan fingerprint density at radius 1 is 0.944 bits per heavy atom. The summed E-state index contributed by atoms with van der Waals surface area (Å²) >= 11 is 0. The van der Waals surface area contributed by atoms with Gasteiger partial charge in [-0.25, -0.2) is 0 Å². The standard InChI is InChI=1S/C29H36N2O5/c1-20(2)31(29(33)25-10-8-7-9-21(25)3)19-28(32)30(18-24-13-11-22(4)36-24)16-15-23-12-14-26(34-5)27(17-23)35-6/h7-14,17,20H,15-16,18-19H2,1-6H3. The molecule has 2 amide bonds. The Morgan fingerprint density at radius 3 is 2.28 bits per heavy atom. The molecule has 0 aliphatic rings. The number of carbonyl (C=O) groups is 2. The lowest BCUT2D eigenvalue weighted by Crippen LogP contribution is -2.46. The number of furan rings is 1. The van der Waals surface area contributed by atoms with E-state index in [1.54, 1.807) is 30.1 Å². The van der Waals surface area contributed by atoms with E-state index in [9.17, 15) is 9.59 Å². The first-order chi connectivity index (χ1) is 17.2.